The summed E-state index contributed by atoms with van der Waals surface area (Å²) in [5.41, 5.74) is 7.35. The quantitative estimate of drug-likeness (QED) is 0.624. The van der Waals surface area contributed by atoms with Crippen molar-refractivity contribution < 1.29 is 14.3 Å². The summed E-state index contributed by atoms with van der Waals surface area (Å²) >= 11 is 0. The van der Waals surface area contributed by atoms with Crippen molar-refractivity contribution in [2.45, 2.75) is 44.8 Å². The molecule has 0 aromatic heterocycles. The molecule has 6 heteroatoms. The topological polar surface area (TPSA) is 84.7 Å². The molecule has 2 aromatic rings. The number of rotatable bonds is 9. The van der Waals surface area contributed by atoms with Crippen LogP contribution >= 0.6 is 0 Å². The van der Waals surface area contributed by atoms with Gasteiger partial charge in [-0.25, -0.2) is 0 Å². The van der Waals surface area contributed by atoms with Crippen LogP contribution in [0.1, 0.15) is 43.2 Å². The van der Waals surface area contributed by atoms with Crippen LogP contribution in [0.25, 0.3) is 0 Å². The lowest BCUT2D eigenvalue weighted by Crippen LogP contribution is -2.51. The standard InChI is InChI=1S/C24H31N3O3/c1-2-15-27(20-9-6-14-26-16-20)24(29)22(23(25)28)19-10-12-21(13-11-19)30-17-18-7-4-3-5-8-18/h3-5,7-8,10-13,20,22,26H,2,6,9,14-17H2,1H3,(H2,25,28). The van der Waals surface area contributed by atoms with E-state index in [-0.39, 0.29) is 11.9 Å². The summed E-state index contributed by atoms with van der Waals surface area (Å²) in [6, 6.07) is 17.1. The molecule has 1 fully saturated rings. The number of piperidine rings is 1. The molecule has 0 bridgehead atoms. The van der Waals surface area contributed by atoms with Gasteiger partial charge in [0.25, 0.3) is 0 Å². The summed E-state index contributed by atoms with van der Waals surface area (Å²) < 4.78 is 5.81. The van der Waals surface area contributed by atoms with Crippen molar-refractivity contribution in [1.82, 2.24) is 10.2 Å². The molecule has 1 aliphatic rings. The second kappa shape index (κ2) is 10.8. The van der Waals surface area contributed by atoms with Gasteiger partial charge in [0, 0.05) is 19.1 Å². The number of carbonyl (C=O) groups is 2. The number of primary amides is 1. The van der Waals surface area contributed by atoms with Gasteiger partial charge < -0.3 is 20.7 Å². The van der Waals surface area contributed by atoms with E-state index in [9.17, 15) is 9.59 Å². The van der Waals surface area contributed by atoms with Crippen molar-refractivity contribution in [3.63, 3.8) is 0 Å². The molecule has 0 radical (unpaired) electrons. The first kappa shape index (κ1) is 21.8. The highest BCUT2D eigenvalue weighted by molar-refractivity contribution is 6.05. The lowest BCUT2D eigenvalue weighted by atomic mass is 9.94. The molecule has 30 heavy (non-hydrogen) atoms. The molecule has 3 N–H and O–H groups in total. The third kappa shape index (κ3) is 5.60. The first-order valence-electron chi connectivity index (χ1n) is 10.7. The van der Waals surface area contributed by atoms with E-state index < -0.39 is 11.8 Å². The van der Waals surface area contributed by atoms with Gasteiger partial charge in [0.05, 0.1) is 0 Å². The summed E-state index contributed by atoms with van der Waals surface area (Å²) in [6.07, 6.45) is 2.79. The van der Waals surface area contributed by atoms with Crippen LogP contribution in [0, 0.1) is 0 Å². The molecule has 0 spiro atoms. The van der Waals surface area contributed by atoms with Crippen molar-refractivity contribution in [1.29, 1.82) is 0 Å². The Kier molecular flexibility index (Phi) is 7.85. The maximum absolute atomic E-state index is 13.3. The van der Waals surface area contributed by atoms with Crippen molar-refractivity contribution in [3.8, 4) is 5.75 Å². The van der Waals surface area contributed by atoms with E-state index in [1.54, 1.807) is 24.3 Å². The molecular formula is C24H31N3O3. The molecule has 0 saturated carbocycles. The summed E-state index contributed by atoms with van der Waals surface area (Å²) in [4.78, 5) is 27.4. The smallest absolute Gasteiger partial charge is 0.239 e. The Bertz CT molecular complexity index is 817. The molecule has 3 rings (SSSR count). The van der Waals surface area contributed by atoms with Gasteiger partial charge >= 0.3 is 0 Å². The highest BCUT2D eigenvalue weighted by Gasteiger charge is 2.34. The van der Waals surface area contributed by atoms with Crippen LogP contribution in [-0.4, -0.2) is 42.4 Å². The third-order valence-corrected chi connectivity index (χ3v) is 5.45. The molecule has 0 aliphatic carbocycles. The van der Waals surface area contributed by atoms with Crippen molar-refractivity contribution in [3.05, 3.63) is 65.7 Å². The minimum atomic E-state index is -0.985. The SMILES string of the molecule is CCCN(C(=O)C(C(N)=O)c1ccc(OCc2ccccc2)cc1)C1CCCNC1. The lowest BCUT2D eigenvalue weighted by Gasteiger charge is -2.36. The van der Waals surface area contributed by atoms with Crippen LogP contribution in [-0.2, 0) is 16.2 Å². The monoisotopic (exact) mass is 409 g/mol. The zero-order valence-electron chi connectivity index (χ0n) is 17.5. The Morgan fingerprint density at radius 1 is 1.17 bits per heavy atom. The van der Waals surface area contributed by atoms with Crippen molar-refractivity contribution >= 4 is 11.8 Å². The minimum Gasteiger partial charge on any atom is -0.489 e. The van der Waals surface area contributed by atoms with Gasteiger partial charge in [-0.1, -0.05) is 49.4 Å². The molecule has 2 amide bonds. The van der Waals surface area contributed by atoms with Crippen LogP contribution in [0.3, 0.4) is 0 Å². The van der Waals surface area contributed by atoms with E-state index in [0.29, 0.717) is 24.5 Å². The lowest BCUT2D eigenvalue weighted by molar-refractivity contribution is -0.139. The van der Waals surface area contributed by atoms with Gasteiger partial charge in [-0.15, -0.1) is 0 Å². The Morgan fingerprint density at radius 2 is 1.90 bits per heavy atom. The largest absolute Gasteiger partial charge is 0.489 e. The first-order chi connectivity index (χ1) is 14.6. The van der Waals surface area contributed by atoms with E-state index in [0.717, 1.165) is 37.9 Å². The maximum Gasteiger partial charge on any atom is 0.239 e. The predicted molar refractivity (Wildman–Crippen MR) is 117 cm³/mol. The number of carbonyl (C=O) groups excluding carboxylic acids is 2. The summed E-state index contributed by atoms with van der Waals surface area (Å²) in [5, 5.41) is 3.34. The second-order valence-electron chi connectivity index (χ2n) is 7.71. The van der Waals surface area contributed by atoms with E-state index in [1.165, 1.54) is 0 Å². The Morgan fingerprint density at radius 3 is 2.50 bits per heavy atom. The fourth-order valence-electron chi connectivity index (χ4n) is 3.90. The van der Waals surface area contributed by atoms with Crippen molar-refractivity contribution in [2.24, 2.45) is 5.73 Å². The van der Waals surface area contributed by atoms with Crippen LogP contribution in [0.4, 0.5) is 0 Å². The van der Waals surface area contributed by atoms with Gasteiger partial charge in [-0.3, -0.25) is 9.59 Å². The van der Waals surface area contributed by atoms with Crippen LogP contribution in [0.15, 0.2) is 54.6 Å². The minimum absolute atomic E-state index is 0.0986. The third-order valence-electron chi connectivity index (χ3n) is 5.45. The number of nitrogens with two attached hydrogens (primary N) is 1. The molecule has 1 aliphatic heterocycles. The fraction of sp³-hybridized carbons (Fsp3) is 0.417. The van der Waals surface area contributed by atoms with E-state index in [2.05, 4.69) is 5.32 Å². The predicted octanol–water partition coefficient (Wildman–Crippen LogP) is 2.83. The molecule has 2 aromatic carbocycles. The highest BCUT2D eigenvalue weighted by Crippen LogP contribution is 2.24. The van der Waals surface area contributed by atoms with Gasteiger partial charge in [-0.05, 0) is 49.1 Å². The number of hydrogen-bond acceptors (Lipinski definition) is 4. The fourth-order valence-corrected chi connectivity index (χ4v) is 3.90. The average molecular weight is 410 g/mol. The van der Waals surface area contributed by atoms with Gasteiger partial charge in [0.15, 0.2) is 0 Å². The zero-order valence-corrected chi connectivity index (χ0v) is 17.5. The van der Waals surface area contributed by atoms with E-state index >= 15 is 0 Å². The number of amides is 2. The highest BCUT2D eigenvalue weighted by atomic mass is 16.5. The van der Waals surface area contributed by atoms with E-state index in [1.807, 2.05) is 42.2 Å². The molecule has 2 unspecified atom stereocenters. The summed E-state index contributed by atoms with van der Waals surface area (Å²) in [7, 11) is 0. The zero-order chi connectivity index (χ0) is 21.3. The van der Waals surface area contributed by atoms with Gasteiger partial charge in [0.2, 0.25) is 11.8 Å². The molecule has 1 saturated heterocycles. The van der Waals surface area contributed by atoms with Crippen LogP contribution in [0.5, 0.6) is 5.75 Å². The maximum atomic E-state index is 13.3. The second-order valence-corrected chi connectivity index (χ2v) is 7.71. The molecule has 6 nitrogen and oxygen atoms in total. The van der Waals surface area contributed by atoms with Crippen molar-refractivity contribution in [2.75, 3.05) is 19.6 Å². The number of benzene rings is 2. The summed E-state index contributed by atoms with van der Waals surface area (Å²) in [6.45, 7) is 4.83. The van der Waals surface area contributed by atoms with Gasteiger partial charge in [-0.2, -0.15) is 0 Å². The normalized spacial score (nSPS) is 17.2. The number of nitrogens with zero attached hydrogens (tertiary/aromatic N) is 1. The first-order valence-corrected chi connectivity index (χ1v) is 10.7. The number of ether oxygens (including phenoxy) is 1. The molecular weight excluding hydrogens is 378 g/mol. The van der Waals surface area contributed by atoms with E-state index in [4.69, 9.17) is 10.5 Å². The Hall–Kier alpha value is -2.86. The Labute approximate surface area is 178 Å². The number of nitrogens with one attached hydrogen (secondary N) is 1. The number of hydrogen-bond donors (Lipinski definition) is 2. The average Bonchev–Trinajstić information content (AvgIpc) is 2.78. The Balaban J connectivity index is 1.72. The van der Waals surface area contributed by atoms with Crippen LogP contribution in [0.2, 0.25) is 0 Å². The molecule has 160 valence electrons. The van der Waals surface area contributed by atoms with Crippen LogP contribution < -0.4 is 15.8 Å². The molecule has 1 heterocycles. The van der Waals surface area contributed by atoms with Gasteiger partial charge in [0.1, 0.15) is 18.3 Å². The summed E-state index contributed by atoms with van der Waals surface area (Å²) in [5.74, 6) is -1.14. The molecule has 2 atom stereocenters.